The Kier molecular flexibility index (Phi) is 2.79. The van der Waals surface area contributed by atoms with Crippen LogP contribution < -0.4 is 0 Å². The van der Waals surface area contributed by atoms with Gasteiger partial charge in [0.2, 0.25) is 0 Å². The summed E-state index contributed by atoms with van der Waals surface area (Å²) in [5, 5.41) is 10.2. The van der Waals surface area contributed by atoms with Gasteiger partial charge in [-0.05, 0) is 24.6 Å². The number of aliphatic hydroxyl groups is 1. The van der Waals surface area contributed by atoms with Crippen LogP contribution in [0.15, 0.2) is 47.3 Å². The van der Waals surface area contributed by atoms with Crippen LogP contribution in [0, 0.1) is 5.82 Å². The first-order chi connectivity index (χ1) is 7.59. The van der Waals surface area contributed by atoms with E-state index in [0.29, 0.717) is 11.1 Å². The molecule has 0 saturated heterocycles. The lowest BCUT2D eigenvalue weighted by atomic mass is 9.91. The van der Waals surface area contributed by atoms with E-state index in [0.717, 1.165) is 0 Å². The summed E-state index contributed by atoms with van der Waals surface area (Å²) >= 11 is 0. The molecule has 1 aromatic heterocycles. The van der Waals surface area contributed by atoms with Gasteiger partial charge in [0.25, 0.3) is 0 Å². The van der Waals surface area contributed by atoms with E-state index in [1.165, 1.54) is 18.6 Å². The average Bonchev–Trinajstić information content (AvgIpc) is 2.75. The number of halogens is 1. The van der Waals surface area contributed by atoms with Gasteiger partial charge >= 0.3 is 0 Å². The molecule has 3 heteroatoms. The van der Waals surface area contributed by atoms with E-state index in [1.54, 1.807) is 31.2 Å². The summed E-state index contributed by atoms with van der Waals surface area (Å²) in [6, 6.07) is 8.13. The van der Waals surface area contributed by atoms with Gasteiger partial charge in [-0.2, -0.15) is 0 Å². The summed E-state index contributed by atoms with van der Waals surface area (Å²) in [5.41, 5.74) is 0.0271. The fraction of sp³-hybridized carbons (Fsp3) is 0.231. The Morgan fingerprint density at radius 3 is 2.69 bits per heavy atom. The van der Waals surface area contributed by atoms with Crippen molar-refractivity contribution in [3.8, 4) is 0 Å². The molecular weight excluding hydrogens is 207 g/mol. The van der Waals surface area contributed by atoms with Crippen molar-refractivity contribution in [1.82, 2.24) is 0 Å². The molecule has 0 aliphatic rings. The summed E-state index contributed by atoms with van der Waals surface area (Å²) in [6.45, 7) is 1.64. The van der Waals surface area contributed by atoms with Crippen LogP contribution in [0.1, 0.15) is 18.1 Å². The quantitative estimate of drug-likeness (QED) is 0.862. The van der Waals surface area contributed by atoms with Crippen LogP contribution in [-0.4, -0.2) is 5.11 Å². The first-order valence-electron chi connectivity index (χ1n) is 5.08. The van der Waals surface area contributed by atoms with Gasteiger partial charge in [0.1, 0.15) is 5.82 Å². The second kappa shape index (κ2) is 4.10. The third kappa shape index (κ3) is 2.14. The van der Waals surface area contributed by atoms with Crippen molar-refractivity contribution in [3.05, 3.63) is 59.8 Å². The van der Waals surface area contributed by atoms with Crippen molar-refractivity contribution in [2.75, 3.05) is 0 Å². The Labute approximate surface area is 93.3 Å². The number of rotatable bonds is 3. The molecule has 1 aromatic carbocycles. The molecule has 0 fully saturated rings. The molecule has 2 nitrogen and oxygen atoms in total. The van der Waals surface area contributed by atoms with Crippen LogP contribution in [0.2, 0.25) is 0 Å². The summed E-state index contributed by atoms with van der Waals surface area (Å²) < 4.78 is 18.3. The van der Waals surface area contributed by atoms with Crippen LogP contribution in [0.25, 0.3) is 0 Å². The second-order valence-corrected chi connectivity index (χ2v) is 4.05. The van der Waals surface area contributed by atoms with E-state index >= 15 is 0 Å². The lowest BCUT2D eigenvalue weighted by Crippen LogP contribution is -2.24. The van der Waals surface area contributed by atoms with Crippen molar-refractivity contribution in [1.29, 1.82) is 0 Å². The molecule has 1 N–H and O–H groups in total. The molecule has 84 valence electrons. The van der Waals surface area contributed by atoms with E-state index in [1.807, 2.05) is 0 Å². The van der Waals surface area contributed by atoms with Gasteiger partial charge in [0, 0.05) is 12.0 Å². The lowest BCUT2D eigenvalue weighted by molar-refractivity contribution is 0.0561. The largest absolute Gasteiger partial charge is 0.472 e. The molecule has 2 rings (SSSR count). The molecule has 0 radical (unpaired) electrons. The van der Waals surface area contributed by atoms with Crippen LogP contribution in [0.3, 0.4) is 0 Å². The highest BCUT2D eigenvalue weighted by atomic mass is 19.1. The zero-order valence-corrected chi connectivity index (χ0v) is 8.98. The topological polar surface area (TPSA) is 33.4 Å². The minimum absolute atomic E-state index is 0.221. The van der Waals surface area contributed by atoms with Crippen LogP contribution in [-0.2, 0) is 12.0 Å². The summed E-state index contributed by atoms with van der Waals surface area (Å²) in [5.74, 6) is -0.300. The van der Waals surface area contributed by atoms with Gasteiger partial charge < -0.3 is 9.52 Å². The van der Waals surface area contributed by atoms with Crippen molar-refractivity contribution in [2.24, 2.45) is 0 Å². The number of benzene rings is 1. The van der Waals surface area contributed by atoms with E-state index in [4.69, 9.17) is 4.42 Å². The normalized spacial score (nSPS) is 14.7. The fourth-order valence-corrected chi connectivity index (χ4v) is 1.69. The zero-order valence-electron chi connectivity index (χ0n) is 8.98. The Morgan fingerprint density at radius 1 is 1.31 bits per heavy atom. The first kappa shape index (κ1) is 10.9. The fourth-order valence-electron chi connectivity index (χ4n) is 1.69. The van der Waals surface area contributed by atoms with Gasteiger partial charge in [-0.3, -0.25) is 0 Å². The molecular formula is C13H13FO2. The molecule has 1 heterocycles. The molecule has 16 heavy (non-hydrogen) atoms. The van der Waals surface area contributed by atoms with Crippen molar-refractivity contribution >= 4 is 0 Å². The third-order valence-corrected chi connectivity index (χ3v) is 2.64. The van der Waals surface area contributed by atoms with Gasteiger partial charge in [-0.25, -0.2) is 4.39 Å². The van der Waals surface area contributed by atoms with E-state index in [2.05, 4.69) is 0 Å². The van der Waals surface area contributed by atoms with Crippen LogP contribution in [0.5, 0.6) is 0 Å². The Hall–Kier alpha value is -1.61. The lowest BCUT2D eigenvalue weighted by Gasteiger charge is -2.22. The average molecular weight is 220 g/mol. The second-order valence-electron chi connectivity index (χ2n) is 4.05. The molecule has 1 atom stereocenters. The van der Waals surface area contributed by atoms with Gasteiger partial charge in [0.05, 0.1) is 18.1 Å². The Morgan fingerprint density at radius 2 is 2.06 bits per heavy atom. The number of hydrogen-bond acceptors (Lipinski definition) is 2. The van der Waals surface area contributed by atoms with Gasteiger partial charge in [-0.15, -0.1) is 0 Å². The van der Waals surface area contributed by atoms with Crippen LogP contribution >= 0.6 is 0 Å². The highest BCUT2D eigenvalue weighted by Crippen LogP contribution is 2.26. The highest BCUT2D eigenvalue weighted by molar-refractivity contribution is 5.24. The Balaban J connectivity index is 2.25. The molecule has 0 amide bonds. The van der Waals surface area contributed by atoms with E-state index in [9.17, 15) is 9.50 Å². The smallest absolute Gasteiger partial charge is 0.126 e. The highest BCUT2D eigenvalue weighted by Gasteiger charge is 2.25. The van der Waals surface area contributed by atoms with Crippen molar-refractivity contribution in [2.45, 2.75) is 18.9 Å². The minimum Gasteiger partial charge on any atom is -0.472 e. The number of hydrogen-bond donors (Lipinski definition) is 1. The van der Waals surface area contributed by atoms with Crippen molar-refractivity contribution in [3.63, 3.8) is 0 Å². The molecule has 2 aromatic rings. The molecule has 0 spiro atoms. The van der Waals surface area contributed by atoms with E-state index in [-0.39, 0.29) is 12.2 Å². The number of furan rings is 1. The zero-order chi connectivity index (χ0) is 11.6. The molecule has 1 unspecified atom stereocenters. The molecule has 0 aliphatic carbocycles. The van der Waals surface area contributed by atoms with Crippen molar-refractivity contribution < 1.29 is 13.9 Å². The van der Waals surface area contributed by atoms with Gasteiger partial charge in [0.15, 0.2) is 0 Å². The predicted octanol–water partition coefficient (Wildman–Crippen LogP) is 2.87. The first-order valence-corrected chi connectivity index (χ1v) is 5.08. The molecule has 0 bridgehead atoms. The summed E-state index contributed by atoms with van der Waals surface area (Å²) in [6.07, 6.45) is 3.19. The predicted molar refractivity (Wildman–Crippen MR) is 58.4 cm³/mol. The minimum atomic E-state index is -1.12. The van der Waals surface area contributed by atoms with E-state index < -0.39 is 5.60 Å². The Bertz CT molecular complexity index is 461. The third-order valence-electron chi connectivity index (χ3n) is 2.64. The maximum absolute atomic E-state index is 13.4. The summed E-state index contributed by atoms with van der Waals surface area (Å²) in [7, 11) is 0. The molecule has 0 aliphatic heterocycles. The molecule has 0 saturated carbocycles. The SMILES string of the molecule is CC(O)(Cc1ccccc1F)c1ccoc1. The van der Waals surface area contributed by atoms with Crippen LogP contribution in [0.4, 0.5) is 4.39 Å². The summed E-state index contributed by atoms with van der Waals surface area (Å²) in [4.78, 5) is 0. The standard InChI is InChI=1S/C13H13FO2/c1-13(15,11-6-7-16-9-11)8-10-4-2-3-5-12(10)14/h2-7,9,15H,8H2,1H3. The maximum atomic E-state index is 13.4. The van der Waals surface area contributed by atoms with Gasteiger partial charge in [-0.1, -0.05) is 18.2 Å². The monoisotopic (exact) mass is 220 g/mol. The maximum Gasteiger partial charge on any atom is 0.126 e.